The second-order valence-corrected chi connectivity index (χ2v) is 4.53. The van der Waals surface area contributed by atoms with Gasteiger partial charge in [0.25, 0.3) is 0 Å². The molecule has 1 rings (SSSR count). The highest BCUT2D eigenvalue weighted by atomic mass is 16.5. The molecule has 0 radical (unpaired) electrons. The van der Waals surface area contributed by atoms with E-state index in [1.165, 1.54) is 45.2 Å². The van der Waals surface area contributed by atoms with Crippen LogP contribution in [0.2, 0.25) is 0 Å². The summed E-state index contributed by atoms with van der Waals surface area (Å²) in [6.45, 7) is 6.70. The minimum absolute atomic E-state index is 0.867. The summed E-state index contributed by atoms with van der Waals surface area (Å²) < 4.78 is 5.53. The Kier molecular flexibility index (Phi) is 6.20. The summed E-state index contributed by atoms with van der Waals surface area (Å²) in [7, 11) is 2.24. The van der Waals surface area contributed by atoms with E-state index in [0.29, 0.717) is 0 Å². The number of ether oxygens (including phenoxy) is 1. The highest BCUT2D eigenvalue weighted by molar-refractivity contribution is 4.65. The molecule has 0 spiro atoms. The van der Waals surface area contributed by atoms with Crippen LogP contribution < -0.4 is 0 Å². The fraction of sp³-hybridized carbons (Fsp3) is 1.00. The average molecular weight is 199 g/mol. The Balaban J connectivity index is 2.19. The molecule has 0 amide bonds. The smallest absolute Gasteiger partial charge is 0.0469 e. The van der Waals surface area contributed by atoms with E-state index < -0.39 is 0 Å². The van der Waals surface area contributed by atoms with E-state index in [4.69, 9.17) is 4.74 Å². The van der Waals surface area contributed by atoms with Crippen molar-refractivity contribution in [3.63, 3.8) is 0 Å². The SMILES string of the molecule is CCCN(C)CC1CCCCOCC1. The molecule has 0 N–H and O–H groups in total. The van der Waals surface area contributed by atoms with Gasteiger partial charge in [-0.25, -0.2) is 0 Å². The van der Waals surface area contributed by atoms with Crippen molar-refractivity contribution in [2.45, 2.75) is 39.0 Å². The largest absolute Gasteiger partial charge is 0.381 e. The van der Waals surface area contributed by atoms with Crippen LogP contribution in [-0.2, 0) is 4.74 Å². The van der Waals surface area contributed by atoms with E-state index >= 15 is 0 Å². The van der Waals surface area contributed by atoms with Crippen LogP contribution in [0, 0.1) is 5.92 Å². The number of rotatable bonds is 4. The van der Waals surface area contributed by atoms with Gasteiger partial charge in [0.15, 0.2) is 0 Å². The maximum absolute atomic E-state index is 5.53. The Hall–Kier alpha value is -0.0800. The van der Waals surface area contributed by atoms with E-state index in [2.05, 4.69) is 18.9 Å². The summed E-state index contributed by atoms with van der Waals surface area (Å²) in [6, 6.07) is 0. The van der Waals surface area contributed by atoms with Gasteiger partial charge in [-0.2, -0.15) is 0 Å². The maximum Gasteiger partial charge on any atom is 0.0469 e. The number of hydrogen-bond acceptors (Lipinski definition) is 2. The van der Waals surface area contributed by atoms with Gasteiger partial charge in [-0.3, -0.25) is 0 Å². The van der Waals surface area contributed by atoms with Crippen molar-refractivity contribution in [1.29, 1.82) is 0 Å². The fourth-order valence-electron chi connectivity index (χ4n) is 2.23. The van der Waals surface area contributed by atoms with Gasteiger partial charge in [0, 0.05) is 19.8 Å². The molecule has 1 heterocycles. The lowest BCUT2D eigenvalue weighted by Gasteiger charge is -2.25. The average Bonchev–Trinajstić information content (AvgIpc) is 2.10. The van der Waals surface area contributed by atoms with Crippen molar-refractivity contribution in [3.8, 4) is 0 Å². The Morgan fingerprint density at radius 1 is 1.21 bits per heavy atom. The summed E-state index contributed by atoms with van der Waals surface area (Å²) in [4.78, 5) is 2.46. The third kappa shape index (κ3) is 4.97. The third-order valence-corrected chi connectivity index (χ3v) is 3.00. The number of hydrogen-bond donors (Lipinski definition) is 0. The first-order valence-electron chi connectivity index (χ1n) is 6.09. The van der Waals surface area contributed by atoms with E-state index in [9.17, 15) is 0 Å². The second-order valence-electron chi connectivity index (χ2n) is 4.53. The monoisotopic (exact) mass is 199 g/mol. The van der Waals surface area contributed by atoms with Gasteiger partial charge in [0.1, 0.15) is 0 Å². The molecule has 1 unspecified atom stereocenters. The van der Waals surface area contributed by atoms with Crippen LogP contribution in [0.3, 0.4) is 0 Å². The highest BCUT2D eigenvalue weighted by Gasteiger charge is 2.13. The summed E-state index contributed by atoms with van der Waals surface area (Å²) in [5.41, 5.74) is 0. The normalized spacial score (nSPS) is 24.6. The molecule has 1 saturated heterocycles. The lowest BCUT2D eigenvalue weighted by molar-refractivity contribution is 0.0921. The van der Waals surface area contributed by atoms with Gasteiger partial charge in [-0.15, -0.1) is 0 Å². The van der Waals surface area contributed by atoms with Crippen LogP contribution in [0.1, 0.15) is 39.0 Å². The van der Waals surface area contributed by atoms with E-state index in [1.807, 2.05) is 0 Å². The highest BCUT2D eigenvalue weighted by Crippen LogP contribution is 2.17. The molecule has 14 heavy (non-hydrogen) atoms. The molecular weight excluding hydrogens is 174 g/mol. The van der Waals surface area contributed by atoms with Gasteiger partial charge in [-0.1, -0.05) is 13.3 Å². The van der Waals surface area contributed by atoms with Gasteiger partial charge in [0.2, 0.25) is 0 Å². The van der Waals surface area contributed by atoms with Crippen molar-refractivity contribution in [2.75, 3.05) is 33.4 Å². The molecule has 0 bridgehead atoms. The molecule has 0 aromatic heterocycles. The first-order chi connectivity index (χ1) is 6.83. The van der Waals surface area contributed by atoms with Gasteiger partial charge >= 0.3 is 0 Å². The minimum atomic E-state index is 0.867. The second kappa shape index (κ2) is 7.24. The molecular formula is C12H25NO. The van der Waals surface area contributed by atoms with Crippen LogP contribution in [0.5, 0.6) is 0 Å². The predicted molar refractivity (Wildman–Crippen MR) is 60.6 cm³/mol. The summed E-state index contributed by atoms with van der Waals surface area (Å²) >= 11 is 0. The van der Waals surface area contributed by atoms with Crippen LogP contribution >= 0.6 is 0 Å². The summed E-state index contributed by atoms with van der Waals surface area (Å²) in [5.74, 6) is 0.867. The van der Waals surface area contributed by atoms with Crippen molar-refractivity contribution in [2.24, 2.45) is 5.92 Å². The Labute approximate surface area is 88.6 Å². The maximum atomic E-state index is 5.53. The van der Waals surface area contributed by atoms with Crippen molar-refractivity contribution < 1.29 is 4.74 Å². The quantitative estimate of drug-likeness (QED) is 0.690. The molecule has 1 fully saturated rings. The molecule has 1 aliphatic heterocycles. The first kappa shape index (κ1) is 12.0. The topological polar surface area (TPSA) is 12.5 Å². The molecule has 0 aromatic carbocycles. The van der Waals surface area contributed by atoms with Gasteiger partial charge < -0.3 is 9.64 Å². The van der Waals surface area contributed by atoms with E-state index in [1.54, 1.807) is 0 Å². The summed E-state index contributed by atoms with van der Waals surface area (Å²) in [6.07, 6.45) is 6.53. The molecule has 0 aliphatic carbocycles. The fourth-order valence-corrected chi connectivity index (χ4v) is 2.23. The van der Waals surface area contributed by atoms with E-state index in [-0.39, 0.29) is 0 Å². The molecule has 84 valence electrons. The summed E-state index contributed by atoms with van der Waals surface area (Å²) in [5, 5.41) is 0. The Bertz CT molecular complexity index is 130. The van der Waals surface area contributed by atoms with Crippen LogP contribution in [-0.4, -0.2) is 38.3 Å². The Morgan fingerprint density at radius 3 is 2.86 bits per heavy atom. The van der Waals surface area contributed by atoms with E-state index in [0.717, 1.165) is 19.1 Å². The zero-order valence-electron chi connectivity index (χ0n) is 9.80. The zero-order chi connectivity index (χ0) is 10.2. The van der Waals surface area contributed by atoms with Gasteiger partial charge in [0.05, 0.1) is 0 Å². The van der Waals surface area contributed by atoms with Crippen LogP contribution in [0.15, 0.2) is 0 Å². The molecule has 0 aromatic rings. The van der Waals surface area contributed by atoms with Gasteiger partial charge in [-0.05, 0) is 45.2 Å². The predicted octanol–water partition coefficient (Wildman–Crippen LogP) is 2.54. The van der Waals surface area contributed by atoms with Crippen molar-refractivity contribution in [3.05, 3.63) is 0 Å². The zero-order valence-corrected chi connectivity index (χ0v) is 9.80. The van der Waals surface area contributed by atoms with Crippen molar-refractivity contribution in [1.82, 2.24) is 4.90 Å². The number of nitrogens with zero attached hydrogens (tertiary/aromatic N) is 1. The minimum Gasteiger partial charge on any atom is -0.381 e. The molecule has 0 saturated carbocycles. The van der Waals surface area contributed by atoms with Crippen LogP contribution in [0.4, 0.5) is 0 Å². The first-order valence-corrected chi connectivity index (χ1v) is 6.09. The molecule has 1 aliphatic rings. The lowest BCUT2D eigenvalue weighted by Crippen LogP contribution is -2.28. The molecule has 2 nitrogen and oxygen atoms in total. The Morgan fingerprint density at radius 2 is 2.07 bits per heavy atom. The molecule has 2 heteroatoms. The lowest BCUT2D eigenvalue weighted by atomic mass is 9.97. The van der Waals surface area contributed by atoms with Crippen molar-refractivity contribution >= 4 is 0 Å². The van der Waals surface area contributed by atoms with Crippen LogP contribution in [0.25, 0.3) is 0 Å². The standard InChI is InChI=1S/C12H25NO/c1-3-8-13(2)11-12-6-4-5-9-14-10-7-12/h12H,3-11H2,1-2H3. The third-order valence-electron chi connectivity index (χ3n) is 3.00. The molecule has 1 atom stereocenters.